The Morgan fingerprint density at radius 3 is 2.55 bits per heavy atom. The monoisotopic (exact) mass is 394 g/mol. The van der Waals surface area contributed by atoms with E-state index in [4.69, 9.17) is 9.47 Å². The molecule has 2 aromatic carbocycles. The van der Waals surface area contributed by atoms with Gasteiger partial charge in [0.1, 0.15) is 11.5 Å². The lowest BCUT2D eigenvalue weighted by Gasteiger charge is -2.21. The number of methoxy groups -OCH3 is 2. The fraction of sp³-hybridized carbons (Fsp3) is 0.318. The smallest absolute Gasteiger partial charge is 0.249 e. The van der Waals surface area contributed by atoms with Crippen LogP contribution in [0.5, 0.6) is 11.5 Å². The molecule has 152 valence electrons. The summed E-state index contributed by atoms with van der Waals surface area (Å²) in [6.07, 6.45) is 0.884. The first kappa shape index (κ1) is 20.4. The van der Waals surface area contributed by atoms with Gasteiger partial charge in [0.15, 0.2) is 5.82 Å². The molecule has 0 saturated heterocycles. The van der Waals surface area contributed by atoms with Gasteiger partial charge >= 0.3 is 0 Å². The van der Waals surface area contributed by atoms with Crippen molar-refractivity contribution in [1.29, 1.82) is 0 Å². The molecule has 0 bridgehead atoms. The lowest BCUT2D eigenvalue weighted by Crippen LogP contribution is -2.26. The van der Waals surface area contributed by atoms with Crippen molar-refractivity contribution in [3.63, 3.8) is 0 Å². The van der Waals surface area contributed by atoms with Gasteiger partial charge in [0.25, 0.3) is 0 Å². The van der Waals surface area contributed by atoms with Crippen molar-refractivity contribution in [3.8, 4) is 22.9 Å². The fourth-order valence-electron chi connectivity index (χ4n) is 3.25. The molecule has 0 fully saturated rings. The number of carbonyl (C=O) groups excluding carboxylic acids is 1. The van der Waals surface area contributed by atoms with E-state index in [1.54, 1.807) is 20.3 Å². The first-order chi connectivity index (χ1) is 14.1. The summed E-state index contributed by atoms with van der Waals surface area (Å²) in [6, 6.07) is 15.2. The van der Waals surface area contributed by atoms with E-state index in [9.17, 15) is 4.79 Å². The molecule has 0 aliphatic heterocycles. The minimum atomic E-state index is -0.279. The number of anilines is 1. The van der Waals surface area contributed by atoms with Crippen molar-refractivity contribution >= 4 is 11.9 Å². The van der Waals surface area contributed by atoms with Crippen LogP contribution < -0.4 is 14.8 Å². The van der Waals surface area contributed by atoms with E-state index < -0.39 is 0 Å². The summed E-state index contributed by atoms with van der Waals surface area (Å²) in [5.74, 6) is 1.78. The number of hydrogen-bond acceptors (Lipinski definition) is 5. The van der Waals surface area contributed by atoms with E-state index in [2.05, 4.69) is 34.3 Å². The van der Waals surface area contributed by atoms with Crippen LogP contribution in [0.15, 0.2) is 48.5 Å². The number of carbonyl (C=O) groups is 1. The number of nitrogens with one attached hydrogen (secondary N) is 2. The van der Waals surface area contributed by atoms with Crippen LogP contribution in [-0.2, 0) is 4.79 Å². The molecule has 0 spiro atoms. The molecule has 2 N–H and O–H groups in total. The average molecular weight is 394 g/mol. The molecule has 2 atom stereocenters. The fourth-order valence-corrected chi connectivity index (χ4v) is 3.25. The summed E-state index contributed by atoms with van der Waals surface area (Å²) >= 11 is 0. The van der Waals surface area contributed by atoms with Crippen LogP contribution in [-0.4, -0.2) is 35.3 Å². The molecule has 3 aromatic rings. The Bertz CT molecular complexity index is 956. The zero-order chi connectivity index (χ0) is 20.8. The number of nitrogens with zero attached hydrogens (tertiary/aromatic N) is 2. The van der Waals surface area contributed by atoms with Gasteiger partial charge in [-0.05, 0) is 23.6 Å². The summed E-state index contributed by atoms with van der Waals surface area (Å²) < 4.78 is 10.6. The van der Waals surface area contributed by atoms with Gasteiger partial charge in [0.05, 0.1) is 25.7 Å². The minimum absolute atomic E-state index is 0.127. The van der Waals surface area contributed by atoms with Crippen LogP contribution in [0.4, 0.5) is 5.95 Å². The molecule has 0 saturated carbocycles. The van der Waals surface area contributed by atoms with Gasteiger partial charge in [-0.15, -0.1) is 5.10 Å². The maximum atomic E-state index is 13.0. The van der Waals surface area contributed by atoms with Crippen molar-refractivity contribution < 1.29 is 14.3 Å². The van der Waals surface area contributed by atoms with Crippen molar-refractivity contribution in [2.45, 2.75) is 26.2 Å². The third kappa shape index (κ3) is 4.56. The van der Waals surface area contributed by atoms with Gasteiger partial charge in [-0.25, -0.2) is 0 Å². The molecule has 1 heterocycles. The largest absolute Gasteiger partial charge is 0.497 e. The first-order valence-corrected chi connectivity index (χ1v) is 9.58. The van der Waals surface area contributed by atoms with Crippen LogP contribution in [0.25, 0.3) is 11.4 Å². The van der Waals surface area contributed by atoms with Crippen molar-refractivity contribution in [3.05, 3.63) is 54.1 Å². The van der Waals surface area contributed by atoms with Gasteiger partial charge < -0.3 is 9.47 Å². The lowest BCUT2D eigenvalue weighted by molar-refractivity contribution is -0.118. The van der Waals surface area contributed by atoms with E-state index >= 15 is 0 Å². The lowest BCUT2D eigenvalue weighted by atomic mass is 9.85. The molecule has 1 amide bonds. The summed E-state index contributed by atoms with van der Waals surface area (Å²) in [7, 11) is 3.17. The summed E-state index contributed by atoms with van der Waals surface area (Å²) in [4.78, 5) is 17.4. The van der Waals surface area contributed by atoms with E-state index in [0.717, 1.165) is 17.5 Å². The molecule has 0 aliphatic carbocycles. The molecule has 7 nitrogen and oxygen atoms in total. The van der Waals surface area contributed by atoms with Crippen LogP contribution in [0.2, 0.25) is 0 Å². The number of H-pyrrole nitrogens is 1. The van der Waals surface area contributed by atoms with Gasteiger partial charge in [-0.2, -0.15) is 4.98 Å². The van der Waals surface area contributed by atoms with Crippen molar-refractivity contribution in [2.75, 3.05) is 19.5 Å². The van der Waals surface area contributed by atoms with Gasteiger partial charge in [-0.1, -0.05) is 50.6 Å². The number of aromatic amines is 1. The van der Waals surface area contributed by atoms with Crippen molar-refractivity contribution in [2.24, 2.45) is 5.92 Å². The highest BCUT2D eigenvalue weighted by molar-refractivity contribution is 5.94. The molecule has 2 unspecified atom stereocenters. The Kier molecular flexibility index (Phi) is 6.49. The zero-order valence-corrected chi connectivity index (χ0v) is 17.1. The Labute approximate surface area is 170 Å². The van der Waals surface area contributed by atoms with Crippen molar-refractivity contribution in [1.82, 2.24) is 15.2 Å². The maximum absolute atomic E-state index is 13.0. The van der Waals surface area contributed by atoms with Crippen LogP contribution in [0.1, 0.15) is 31.7 Å². The Morgan fingerprint density at radius 2 is 1.90 bits per heavy atom. The third-order valence-corrected chi connectivity index (χ3v) is 5.04. The predicted molar refractivity (Wildman–Crippen MR) is 112 cm³/mol. The number of aromatic nitrogens is 3. The normalized spacial score (nSPS) is 12.8. The predicted octanol–water partition coefficient (Wildman–Crippen LogP) is 4.26. The van der Waals surface area contributed by atoms with Gasteiger partial charge in [0.2, 0.25) is 11.9 Å². The van der Waals surface area contributed by atoms with Gasteiger partial charge in [-0.3, -0.25) is 15.2 Å². The summed E-state index contributed by atoms with van der Waals surface area (Å²) in [6.45, 7) is 4.15. The minimum Gasteiger partial charge on any atom is -0.497 e. The van der Waals surface area contributed by atoms with E-state index in [0.29, 0.717) is 17.3 Å². The molecule has 3 rings (SSSR count). The maximum Gasteiger partial charge on any atom is 0.249 e. The molecule has 29 heavy (non-hydrogen) atoms. The van der Waals surface area contributed by atoms with E-state index in [1.165, 1.54) is 0 Å². The Hall–Kier alpha value is -3.35. The number of hydrogen-bond donors (Lipinski definition) is 2. The highest BCUT2D eigenvalue weighted by Gasteiger charge is 2.27. The molecule has 1 aromatic heterocycles. The number of rotatable bonds is 8. The van der Waals surface area contributed by atoms with Gasteiger partial charge in [0, 0.05) is 6.07 Å². The van der Waals surface area contributed by atoms with Crippen LogP contribution >= 0.6 is 0 Å². The second kappa shape index (κ2) is 9.23. The number of ether oxygens (including phenoxy) is 2. The molecular formula is C22H26N4O3. The standard InChI is InChI=1S/C22H26N4O3/c1-5-14(2)19(15-9-7-6-8-10-15)21(27)24-22-23-20(25-26-22)17-12-11-16(28-3)13-18(17)29-4/h6-14,19H,5H2,1-4H3,(H2,23,24,25,26,27). The molecule has 7 heteroatoms. The Morgan fingerprint density at radius 1 is 1.14 bits per heavy atom. The third-order valence-electron chi connectivity index (χ3n) is 5.04. The van der Waals surface area contributed by atoms with E-state index in [1.807, 2.05) is 42.5 Å². The molecular weight excluding hydrogens is 368 g/mol. The second-order valence-electron chi connectivity index (χ2n) is 6.84. The summed E-state index contributed by atoms with van der Waals surface area (Å²) in [5, 5.41) is 9.87. The Balaban J connectivity index is 1.83. The summed E-state index contributed by atoms with van der Waals surface area (Å²) in [5.41, 5.74) is 1.70. The second-order valence-corrected chi connectivity index (χ2v) is 6.84. The topological polar surface area (TPSA) is 89.1 Å². The van der Waals surface area contributed by atoms with Crippen LogP contribution in [0, 0.1) is 5.92 Å². The molecule has 0 radical (unpaired) electrons. The highest BCUT2D eigenvalue weighted by atomic mass is 16.5. The number of benzene rings is 2. The van der Waals surface area contributed by atoms with Crippen LogP contribution in [0.3, 0.4) is 0 Å². The zero-order valence-electron chi connectivity index (χ0n) is 17.1. The SMILES string of the molecule is CCC(C)C(C(=O)Nc1n[nH]c(-c2ccc(OC)cc2OC)n1)c1ccccc1. The molecule has 0 aliphatic rings. The van der Waals surface area contributed by atoms with E-state index in [-0.39, 0.29) is 23.7 Å². The number of amides is 1. The quantitative estimate of drug-likeness (QED) is 0.596. The average Bonchev–Trinajstić information content (AvgIpc) is 3.22. The first-order valence-electron chi connectivity index (χ1n) is 9.58. The highest BCUT2D eigenvalue weighted by Crippen LogP contribution is 2.32.